The molecule has 1 saturated carbocycles. The highest BCUT2D eigenvalue weighted by atomic mass is 16.5. The van der Waals surface area contributed by atoms with Crippen molar-refractivity contribution in [1.29, 1.82) is 0 Å². The van der Waals surface area contributed by atoms with Crippen LogP contribution in [0.5, 0.6) is 0 Å². The first-order valence-corrected chi connectivity index (χ1v) is 5.21. The lowest BCUT2D eigenvalue weighted by Crippen LogP contribution is -2.42. The van der Waals surface area contributed by atoms with Crippen LogP contribution in [-0.4, -0.2) is 18.5 Å². The maximum atomic E-state index is 11.4. The summed E-state index contributed by atoms with van der Waals surface area (Å²) in [5.41, 5.74) is -0.439. The predicted molar refractivity (Wildman–Crippen MR) is 52.7 cm³/mol. The van der Waals surface area contributed by atoms with Crippen molar-refractivity contribution in [2.24, 2.45) is 5.92 Å². The minimum atomic E-state index is -0.439. The largest absolute Gasteiger partial charge is 0.370 e. The highest BCUT2D eigenvalue weighted by Gasteiger charge is 2.38. The highest BCUT2D eigenvalue weighted by Crippen LogP contribution is 2.36. The summed E-state index contributed by atoms with van der Waals surface area (Å²) < 4.78 is 5.38. The number of Topliss-reactive ketones (excluding diaryl/α,β-unsaturated/α-hetero) is 1. The molecule has 1 fully saturated rings. The van der Waals surface area contributed by atoms with E-state index in [1.165, 1.54) is 6.42 Å². The van der Waals surface area contributed by atoms with Crippen LogP contribution in [-0.2, 0) is 9.53 Å². The van der Waals surface area contributed by atoms with E-state index in [0.717, 1.165) is 31.6 Å². The molecule has 0 spiro atoms. The molecule has 76 valence electrons. The van der Waals surface area contributed by atoms with E-state index < -0.39 is 5.60 Å². The number of hydrogen-bond acceptors (Lipinski definition) is 2. The monoisotopic (exact) mass is 184 g/mol. The van der Waals surface area contributed by atoms with Gasteiger partial charge < -0.3 is 4.74 Å². The molecule has 0 N–H and O–H groups in total. The van der Waals surface area contributed by atoms with E-state index in [2.05, 4.69) is 6.92 Å². The second kappa shape index (κ2) is 4.23. The van der Waals surface area contributed by atoms with Gasteiger partial charge in [-0.15, -0.1) is 0 Å². The van der Waals surface area contributed by atoms with Gasteiger partial charge in [0, 0.05) is 7.11 Å². The Kier molecular flexibility index (Phi) is 3.48. The number of methoxy groups -OCH3 is 1. The molecule has 0 unspecified atom stereocenters. The molecule has 0 aromatic heterocycles. The molecule has 0 saturated heterocycles. The van der Waals surface area contributed by atoms with Crippen LogP contribution < -0.4 is 0 Å². The number of rotatable bonds is 3. The van der Waals surface area contributed by atoms with Gasteiger partial charge in [-0.25, -0.2) is 0 Å². The molecule has 1 rings (SSSR count). The Morgan fingerprint density at radius 1 is 1.46 bits per heavy atom. The first kappa shape index (κ1) is 10.7. The third-order valence-corrected chi connectivity index (χ3v) is 3.52. The summed E-state index contributed by atoms with van der Waals surface area (Å²) in [6, 6.07) is 0. The van der Waals surface area contributed by atoms with Gasteiger partial charge in [0.15, 0.2) is 5.78 Å². The van der Waals surface area contributed by atoms with Crippen molar-refractivity contribution >= 4 is 5.78 Å². The van der Waals surface area contributed by atoms with Gasteiger partial charge in [0.05, 0.1) is 0 Å². The first-order valence-electron chi connectivity index (χ1n) is 5.21. The molecule has 0 atom stereocenters. The quantitative estimate of drug-likeness (QED) is 0.673. The van der Waals surface area contributed by atoms with E-state index in [0.29, 0.717) is 0 Å². The fraction of sp³-hybridized carbons (Fsp3) is 0.909. The van der Waals surface area contributed by atoms with E-state index in [-0.39, 0.29) is 5.78 Å². The normalized spacial score (nSPS) is 34.5. The molecule has 0 radical (unpaired) electrons. The van der Waals surface area contributed by atoms with Gasteiger partial charge in [-0.1, -0.05) is 13.3 Å². The molecule has 2 nitrogen and oxygen atoms in total. The van der Waals surface area contributed by atoms with E-state index in [1.807, 2.05) is 0 Å². The summed E-state index contributed by atoms with van der Waals surface area (Å²) >= 11 is 0. The van der Waals surface area contributed by atoms with Crippen molar-refractivity contribution in [1.82, 2.24) is 0 Å². The van der Waals surface area contributed by atoms with Gasteiger partial charge in [-0.05, 0) is 38.5 Å². The number of ketones is 1. The summed E-state index contributed by atoms with van der Waals surface area (Å²) in [6.45, 7) is 3.87. The lowest BCUT2D eigenvalue weighted by atomic mass is 9.76. The van der Waals surface area contributed by atoms with Crippen molar-refractivity contribution in [3.05, 3.63) is 0 Å². The van der Waals surface area contributed by atoms with Crippen molar-refractivity contribution < 1.29 is 9.53 Å². The lowest BCUT2D eigenvalue weighted by Gasteiger charge is -2.36. The summed E-state index contributed by atoms with van der Waals surface area (Å²) in [5, 5.41) is 0. The van der Waals surface area contributed by atoms with Gasteiger partial charge in [0.25, 0.3) is 0 Å². The molecule has 1 aliphatic rings. The fourth-order valence-corrected chi connectivity index (χ4v) is 2.25. The Morgan fingerprint density at radius 2 is 2.00 bits per heavy atom. The SMILES string of the molecule is CCC1CCC(OC)(C(C)=O)CC1. The molecular formula is C11H20O2. The van der Waals surface area contributed by atoms with Crippen LogP contribution in [0.25, 0.3) is 0 Å². The zero-order chi connectivity index (χ0) is 9.90. The minimum absolute atomic E-state index is 0.199. The number of ether oxygens (including phenoxy) is 1. The molecule has 13 heavy (non-hydrogen) atoms. The third-order valence-electron chi connectivity index (χ3n) is 3.52. The van der Waals surface area contributed by atoms with Gasteiger partial charge in [-0.3, -0.25) is 4.79 Å². The predicted octanol–water partition coefficient (Wildman–Crippen LogP) is 2.56. The van der Waals surface area contributed by atoms with Crippen LogP contribution in [0, 0.1) is 5.92 Å². The molecular weight excluding hydrogens is 164 g/mol. The summed E-state index contributed by atoms with van der Waals surface area (Å²) in [5.74, 6) is 1.01. The van der Waals surface area contributed by atoms with Crippen molar-refractivity contribution in [3.63, 3.8) is 0 Å². The third kappa shape index (κ3) is 2.11. The van der Waals surface area contributed by atoms with Crippen molar-refractivity contribution in [2.75, 3.05) is 7.11 Å². The second-order valence-electron chi connectivity index (χ2n) is 4.11. The average Bonchev–Trinajstić information content (AvgIpc) is 2.17. The molecule has 0 heterocycles. The summed E-state index contributed by atoms with van der Waals surface area (Å²) in [6.07, 6.45) is 5.35. The Hall–Kier alpha value is -0.370. The minimum Gasteiger partial charge on any atom is -0.370 e. The fourth-order valence-electron chi connectivity index (χ4n) is 2.25. The van der Waals surface area contributed by atoms with Crippen LogP contribution in [0.4, 0.5) is 0 Å². The maximum Gasteiger partial charge on any atom is 0.161 e. The number of carbonyl (C=O) groups excluding carboxylic acids is 1. The van der Waals surface area contributed by atoms with E-state index in [1.54, 1.807) is 14.0 Å². The van der Waals surface area contributed by atoms with Crippen molar-refractivity contribution in [2.45, 2.75) is 51.6 Å². The summed E-state index contributed by atoms with van der Waals surface area (Å²) in [4.78, 5) is 11.4. The van der Waals surface area contributed by atoms with Crippen molar-refractivity contribution in [3.8, 4) is 0 Å². The molecule has 0 aromatic rings. The molecule has 1 aliphatic carbocycles. The van der Waals surface area contributed by atoms with Crippen LogP contribution in [0.1, 0.15) is 46.0 Å². The maximum absolute atomic E-state index is 11.4. The molecule has 2 heteroatoms. The topological polar surface area (TPSA) is 26.3 Å². The number of carbonyl (C=O) groups is 1. The highest BCUT2D eigenvalue weighted by molar-refractivity contribution is 5.85. The Bertz CT molecular complexity index is 179. The standard InChI is InChI=1S/C11H20O2/c1-4-10-5-7-11(13-3,8-6-10)9(2)12/h10H,4-8H2,1-3H3. The smallest absolute Gasteiger partial charge is 0.161 e. The Balaban J connectivity index is 2.58. The van der Waals surface area contributed by atoms with E-state index in [4.69, 9.17) is 4.74 Å². The van der Waals surface area contributed by atoms with Crippen LogP contribution in [0.15, 0.2) is 0 Å². The molecule has 0 amide bonds. The summed E-state index contributed by atoms with van der Waals surface area (Å²) in [7, 11) is 1.66. The Morgan fingerprint density at radius 3 is 2.31 bits per heavy atom. The number of hydrogen-bond donors (Lipinski definition) is 0. The van der Waals surface area contributed by atoms with E-state index >= 15 is 0 Å². The zero-order valence-electron chi connectivity index (χ0n) is 8.93. The van der Waals surface area contributed by atoms with Gasteiger partial charge in [-0.2, -0.15) is 0 Å². The first-order chi connectivity index (χ1) is 6.14. The van der Waals surface area contributed by atoms with Gasteiger partial charge in [0.1, 0.15) is 5.60 Å². The van der Waals surface area contributed by atoms with Crippen LogP contribution in [0.3, 0.4) is 0 Å². The lowest BCUT2D eigenvalue weighted by molar-refractivity contribution is -0.143. The Labute approximate surface area is 80.7 Å². The molecule has 0 bridgehead atoms. The van der Waals surface area contributed by atoms with Crippen LogP contribution in [0.2, 0.25) is 0 Å². The second-order valence-corrected chi connectivity index (χ2v) is 4.11. The molecule has 0 aliphatic heterocycles. The van der Waals surface area contributed by atoms with Crippen LogP contribution >= 0.6 is 0 Å². The van der Waals surface area contributed by atoms with Gasteiger partial charge >= 0.3 is 0 Å². The molecule has 0 aromatic carbocycles. The van der Waals surface area contributed by atoms with Gasteiger partial charge in [0.2, 0.25) is 0 Å². The van der Waals surface area contributed by atoms with E-state index in [9.17, 15) is 4.79 Å². The average molecular weight is 184 g/mol. The zero-order valence-corrected chi connectivity index (χ0v) is 8.93.